The zero-order chi connectivity index (χ0) is 14.5. The van der Waals surface area contributed by atoms with Crippen molar-refractivity contribution in [1.29, 1.82) is 0 Å². The molecule has 1 saturated heterocycles. The van der Waals surface area contributed by atoms with Gasteiger partial charge in [-0.05, 0) is 25.8 Å². The molecule has 0 bridgehead atoms. The summed E-state index contributed by atoms with van der Waals surface area (Å²) in [4.78, 5) is 0. The zero-order valence-corrected chi connectivity index (χ0v) is 13.4. The first-order valence-corrected chi connectivity index (χ1v) is 8.27. The van der Waals surface area contributed by atoms with Gasteiger partial charge in [-0.25, -0.2) is 0 Å². The molecule has 4 heteroatoms. The van der Waals surface area contributed by atoms with Crippen LogP contribution < -0.4 is 10.5 Å². The number of benzene rings is 1. The molecule has 0 radical (unpaired) electrons. The third-order valence-electron chi connectivity index (χ3n) is 3.93. The van der Waals surface area contributed by atoms with Gasteiger partial charge in [0.1, 0.15) is 5.75 Å². The summed E-state index contributed by atoms with van der Waals surface area (Å²) in [5.41, 5.74) is 7.58. The van der Waals surface area contributed by atoms with Gasteiger partial charge < -0.3 is 15.2 Å². The van der Waals surface area contributed by atoms with E-state index in [0.29, 0.717) is 11.4 Å². The lowest BCUT2D eigenvalue weighted by Gasteiger charge is -2.28. The minimum absolute atomic E-state index is 0.129. The van der Waals surface area contributed by atoms with Crippen molar-refractivity contribution in [3.05, 3.63) is 29.8 Å². The number of methoxy groups -OCH3 is 1. The molecule has 0 aliphatic carbocycles. The number of hydrogen-bond donors (Lipinski definition) is 1. The Morgan fingerprint density at radius 3 is 2.80 bits per heavy atom. The summed E-state index contributed by atoms with van der Waals surface area (Å²) in [6.45, 7) is 5.16. The molecule has 1 fully saturated rings. The lowest BCUT2D eigenvalue weighted by Crippen LogP contribution is -2.28. The molecule has 112 valence electrons. The minimum Gasteiger partial charge on any atom is -0.496 e. The molecule has 1 aromatic rings. The van der Waals surface area contributed by atoms with Crippen molar-refractivity contribution in [2.24, 2.45) is 5.73 Å². The Hall–Kier alpha value is -0.710. The SMILES string of the molecule is CCC(N)C(SC1CCOC1C)c1ccccc1OC. The van der Waals surface area contributed by atoms with Crippen LogP contribution in [0.5, 0.6) is 5.75 Å². The summed E-state index contributed by atoms with van der Waals surface area (Å²) < 4.78 is 11.2. The fraction of sp³-hybridized carbons (Fsp3) is 0.625. The van der Waals surface area contributed by atoms with Crippen molar-refractivity contribution in [3.63, 3.8) is 0 Å². The average molecular weight is 295 g/mol. The van der Waals surface area contributed by atoms with Crippen molar-refractivity contribution in [2.45, 2.75) is 49.3 Å². The number of rotatable bonds is 6. The Morgan fingerprint density at radius 2 is 2.20 bits per heavy atom. The highest BCUT2D eigenvalue weighted by atomic mass is 32.2. The van der Waals surface area contributed by atoms with Crippen LogP contribution in [0.25, 0.3) is 0 Å². The van der Waals surface area contributed by atoms with Crippen LogP contribution in [0.3, 0.4) is 0 Å². The highest BCUT2D eigenvalue weighted by Crippen LogP contribution is 2.43. The quantitative estimate of drug-likeness (QED) is 0.874. The summed E-state index contributed by atoms with van der Waals surface area (Å²) in [7, 11) is 1.72. The first-order chi connectivity index (χ1) is 9.67. The van der Waals surface area contributed by atoms with Gasteiger partial charge in [-0.15, -0.1) is 11.8 Å². The monoisotopic (exact) mass is 295 g/mol. The van der Waals surface area contributed by atoms with E-state index in [1.165, 1.54) is 5.56 Å². The highest BCUT2D eigenvalue weighted by molar-refractivity contribution is 8.00. The van der Waals surface area contributed by atoms with E-state index in [0.717, 1.165) is 25.2 Å². The van der Waals surface area contributed by atoms with Gasteiger partial charge in [0.2, 0.25) is 0 Å². The maximum absolute atomic E-state index is 6.38. The molecular formula is C16H25NO2S. The molecule has 20 heavy (non-hydrogen) atoms. The molecule has 1 aliphatic heterocycles. The predicted octanol–water partition coefficient (Wildman–Crippen LogP) is 3.38. The first-order valence-electron chi connectivity index (χ1n) is 7.33. The highest BCUT2D eigenvalue weighted by Gasteiger charge is 2.31. The van der Waals surface area contributed by atoms with Crippen molar-refractivity contribution < 1.29 is 9.47 Å². The summed E-state index contributed by atoms with van der Waals surface area (Å²) in [5, 5.41) is 0.771. The Morgan fingerprint density at radius 1 is 1.45 bits per heavy atom. The van der Waals surface area contributed by atoms with E-state index in [2.05, 4.69) is 26.0 Å². The van der Waals surface area contributed by atoms with Crippen LogP contribution in [0, 0.1) is 0 Å². The van der Waals surface area contributed by atoms with Crippen LogP contribution in [0.15, 0.2) is 24.3 Å². The van der Waals surface area contributed by atoms with Gasteiger partial charge in [0.05, 0.1) is 13.2 Å². The molecule has 2 N–H and O–H groups in total. The number of nitrogens with two attached hydrogens (primary N) is 1. The van der Waals surface area contributed by atoms with Gasteiger partial charge in [0, 0.05) is 28.7 Å². The number of thioether (sulfide) groups is 1. The average Bonchev–Trinajstić information content (AvgIpc) is 2.89. The smallest absolute Gasteiger partial charge is 0.123 e. The Balaban J connectivity index is 2.22. The maximum Gasteiger partial charge on any atom is 0.123 e. The molecule has 3 nitrogen and oxygen atoms in total. The Bertz CT molecular complexity index is 427. The van der Waals surface area contributed by atoms with Crippen molar-refractivity contribution in [1.82, 2.24) is 0 Å². The van der Waals surface area contributed by atoms with E-state index in [9.17, 15) is 0 Å². The second-order valence-electron chi connectivity index (χ2n) is 5.27. The largest absolute Gasteiger partial charge is 0.496 e. The predicted molar refractivity (Wildman–Crippen MR) is 85.4 cm³/mol. The van der Waals surface area contributed by atoms with Crippen LogP contribution in [0.1, 0.15) is 37.5 Å². The maximum atomic E-state index is 6.38. The van der Waals surface area contributed by atoms with Crippen LogP contribution in [-0.2, 0) is 4.74 Å². The van der Waals surface area contributed by atoms with Crippen LogP contribution >= 0.6 is 11.8 Å². The van der Waals surface area contributed by atoms with Gasteiger partial charge in [-0.1, -0.05) is 25.1 Å². The van der Waals surface area contributed by atoms with Gasteiger partial charge in [-0.2, -0.15) is 0 Å². The van der Waals surface area contributed by atoms with E-state index >= 15 is 0 Å². The topological polar surface area (TPSA) is 44.5 Å². The lowest BCUT2D eigenvalue weighted by atomic mass is 10.0. The van der Waals surface area contributed by atoms with Gasteiger partial charge in [-0.3, -0.25) is 0 Å². The summed E-state index contributed by atoms with van der Waals surface area (Å²) in [6, 6.07) is 8.33. The molecular weight excluding hydrogens is 270 g/mol. The first kappa shape index (κ1) is 15.7. The summed E-state index contributed by atoms with van der Waals surface area (Å²) in [5.74, 6) is 0.931. The fourth-order valence-corrected chi connectivity index (χ4v) is 4.24. The van der Waals surface area contributed by atoms with Crippen molar-refractivity contribution in [2.75, 3.05) is 13.7 Å². The molecule has 4 unspecified atom stereocenters. The minimum atomic E-state index is 0.129. The standard InChI is InChI=1S/C16H25NO2S/c1-4-13(17)16(20-15-9-10-19-11(15)2)12-7-5-6-8-14(12)18-3/h5-8,11,13,15-16H,4,9-10,17H2,1-3H3. The zero-order valence-electron chi connectivity index (χ0n) is 12.5. The van der Waals surface area contributed by atoms with Crippen LogP contribution in [0.2, 0.25) is 0 Å². The summed E-state index contributed by atoms with van der Waals surface area (Å²) >= 11 is 1.95. The molecule has 2 rings (SSSR count). The van der Waals surface area contributed by atoms with E-state index in [1.54, 1.807) is 7.11 Å². The molecule has 4 atom stereocenters. The normalized spacial score (nSPS) is 25.4. The van der Waals surface area contributed by atoms with Crippen molar-refractivity contribution in [3.8, 4) is 5.75 Å². The number of para-hydroxylation sites is 1. The number of hydrogen-bond acceptors (Lipinski definition) is 4. The third-order valence-corrected chi connectivity index (χ3v) is 5.80. The third kappa shape index (κ3) is 3.48. The van der Waals surface area contributed by atoms with E-state index in [1.807, 2.05) is 23.9 Å². The molecule has 0 spiro atoms. The van der Waals surface area contributed by atoms with Crippen LogP contribution in [-0.4, -0.2) is 31.1 Å². The Kier molecular flexibility index (Phi) is 5.75. The van der Waals surface area contributed by atoms with Gasteiger partial charge >= 0.3 is 0 Å². The van der Waals surface area contributed by atoms with Crippen LogP contribution in [0.4, 0.5) is 0 Å². The summed E-state index contributed by atoms with van der Waals surface area (Å²) in [6.07, 6.45) is 2.37. The second-order valence-corrected chi connectivity index (χ2v) is 6.66. The number of ether oxygens (including phenoxy) is 2. The molecule has 1 aliphatic rings. The Labute approximate surface area is 126 Å². The van der Waals surface area contributed by atoms with Crippen molar-refractivity contribution >= 4 is 11.8 Å². The molecule has 1 aromatic carbocycles. The molecule has 0 amide bonds. The molecule has 1 heterocycles. The fourth-order valence-electron chi connectivity index (χ4n) is 2.60. The van der Waals surface area contributed by atoms with E-state index in [-0.39, 0.29) is 11.3 Å². The molecule has 0 aromatic heterocycles. The van der Waals surface area contributed by atoms with Gasteiger partial charge in [0.15, 0.2) is 0 Å². The van der Waals surface area contributed by atoms with E-state index in [4.69, 9.17) is 15.2 Å². The lowest BCUT2D eigenvalue weighted by molar-refractivity contribution is 0.127. The van der Waals surface area contributed by atoms with E-state index < -0.39 is 0 Å². The van der Waals surface area contributed by atoms with Gasteiger partial charge in [0.25, 0.3) is 0 Å². The second kappa shape index (κ2) is 7.34. The molecule has 0 saturated carbocycles.